The van der Waals surface area contributed by atoms with Gasteiger partial charge in [0.1, 0.15) is 0 Å². The maximum atomic E-state index is 6.23. The fraction of sp³-hybridized carbons (Fsp3) is 1.00. The van der Waals surface area contributed by atoms with Crippen LogP contribution in [0.3, 0.4) is 0 Å². The van der Waals surface area contributed by atoms with Crippen LogP contribution in [0.15, 0.2) is 0 Å². The highest BCUT2D eigenvalue weighted by Crippen LogP contribution is 2.53. The molecule has 0 aliphatic heterocycles. The number of fused-ring (bicyclic) bond motifs is 2. The Kier molecular flexibility index (Phi) is 3.84. The van der Waals surface area contributed by atoms with E-state index in [1.54, 1.807) is 0 Å². The predicted molar refractivity (Wildman–Crippen MR) is 73.9 cm³/mol. The molecule has 17 heavy (non-hydrogen) atoms. The van der Waals surface area contributed by atoms with Gasteiger partial charge in [-0.3, -0.25) is 4.90 Å². The van der Waals surface area contributed by atoms with Gasteiger partial charge in [0.2, 0.25) is 0 Å². The van der Waals surface area contributed by atoms with Gasteiger partial charge < -0.3 is 5.73 Å². The first kappa shape index (κ1) is 13.4. The molecule has 0 aromatic heterocycles. The Morgan fingerprint density at radius 2 is 1.94 bits per heavy atom. The molecule has 2 bridgehead atoms. The smallest absolute Gasteiger partial charge is 0.0365 e. The van der Waals surface area contributed by atoms with Crippen molar-refractivity contribution in [1.82, 2.24) is 4.90 Å². The predicted octanol–water partition coefficient (Wildman–Crippen LogP) is 2.87. The minimum Gasteiger partial charge on any atom is -0.329 e. The summed E-state index contributed by atoms with van der Waals surface area (Å²) in [5.74, 6) is 2.58. The second-order valence-electron chi connectivity index (χ2n) is 7.03. The number of nitrogens with two attached hydrogens (primary N) is 1. The summed E-state index contributed by atoms with van der Waals surface area (Å²) in [6, 6.07) is 0.625. The molecule has 2 nitrogen and oxygen atoms in total. The van der Waals surface area contributed by atoms with Crippen LogP contribution < -0.4 is 5.73 Å². The van der Waals surface area contributed by atoms with E-state index in [1.807, 2.05) is 0 Å². The summed E-state index contributed by atoms with van der Waals surface area (Å²) in [5, 5.41) is 0. The van der Waals surface area contributed by atoms with E-state index in [9.17, 15) is 0 Å². The van der Waals surface area contributed by atoms with Gasteiger partial charge in [0.15, 0.2) is 0 Å². The molecule has 0 heterocycles. The lowest BCUT2D eigenvalue weighted by atomic mass is 9.78. The van der Waals surface area contributed by atoms with Crippen molar-refractivity contribution < 1.29 is 0 Å². The zero-order valence-electron chi connectivity index (χ0n) is 12.1. The SMILES string of the molecule is CC(C)CN(C(C)C)C1(CN)CC2CCC1C2. The van der Waals surface area contributed by atoms with E-state index in [2.05, 4.69) is 32.6 Å². The van der Waals surface area contributed by atoms with Crippen molar-refractivity contribution in [1.29, 1.82) is 0 Å². The third-order valence-corrected chi connectivity index (χ3v) is 5.05. The van der Waals surface area contributed by atoms with Crippen LogP contribution in [0.5, 0.6) is 0 Å². The minimum absolute atomic E-state index is 0.335. The van der Waals surface area contributed by atoms with E-state index < -0.39 is 0 Å². The molecule has 2 saturated carbocycles. The summed E-state index contributed by atoms with van der Waals surface area (Å²) in [6.45, 7) is 11.4. The highest BCUT2D eigenvalue weighted by molar-refractivity contribution is 5.08. The van der Waals surface area contributed by atoms with Gasteiger partial charge in [-0.05, 0) is 50.9 Å². The van der Waals surface area contributed by atoms with Gasteiger partial charge in [0, 0.05) is 24.7 Å². The molecule has 0 aromatic carbocycles. The summed E-state index contributed by atoms with van der Waals surface area (Å²) in [4.78, 5) is 2.74. The van der Waals surface area contributed by atoms with Gasteiger partial charge in [-0.25, -0.2) is 0 Å². The third kappa shape index (κ3) is 2.26. The first-order valence-electron chi connectivity index (χ1n) is 7.46. The molecule has 2 fully saturated rings. The van der Waals surface area contributed by atoms with Gasteiger partial charge in [0.25, 0.3) is 0 Å². The molecule has 2 aliphatic carbocycles. The summed E-state index contributed by atoms with van der Waals surface area (Å²) in [7, 11) is 0. The molecule has 3 atom stereocenters. The number of hydrogen-bond acceptors (Lipinski definition) is 2. The Bertz CT molecular complexity index is 262. The van der Waals surface area contributed by atoms with Crippen LogP contribution in [0.25, 0.3) is 0 Å². The number of hydrogen-bond donors (Lipinski definition) is 1. The second kappa shape index (κ2) is 4.89. The quantitative estimate of drug-likeness (QED) is 0.798. The second-order valence-corrected chi connectivity index (χ2v) is 7.03. The molecule has 0 spiro atoms. The fourth-order valence-corrected chi connectivity index (χ4v) is 4.43. The summed E-state index contributed by atoms with van der Waals surface area (Å²) in [6.07, 6.45) is 5.68. The van der Waals surface area contributed by atoms with Gasteiger partial charge in [0.05, 0.1) is 0 Å². The average Bonchev–Trinajstić information content (AvgIpc) is 2.85. The molecule has 3 unspecified atom stereocenters. The molecule has 100 valence electrons. The van der Waals surface area contributed by atoms with Crippen molar-refractivity contribution in [3.8, 4) is 0 Å². The lowest BCUT2D eigenvalue weighted by molar-refractivity contribution is 0.00691. The number of rotatable bonds is 5. The van der Waals surface area contributed by atoms with E-state index in [4.69, 9.17) is 5.73 Å². The normalized spacial score (nSPS) is 36.7. The maximum Gasteiger partial charge on any atom is 0.0365 e. The fourth-order valence-electron chi connectivity index (χ4n) is 4.43. The minimum atomic E-state index is 0.335. The Morgan fingerprint density at radius 3 is 2.29 bits per heavy atom. The molecular weight excluding hydrogens is 208 g/mol. The van der Waals surface area contributed by atoms with Gasteiger partial charge in [-0.1, -0.05) is 20.3 Å². The Morgan fingerprint density at radius 1 is 1.24 bits per heavy atom. The Hall–Kier alpha value is -0.0800. The maximum absolute atomic E-state index is 6.23. The zero-order chi connectivity index (χ0) is 12.6. The van der Waals surface area contributed by atoms with Crippen LogP contribution in [0.1, 0.15) is 53.4 Å². The molecule has 0 radical (unpaired) electrons. The van der Waals surface area contributed by atoms with Crippen molar-refractivity contribution in [3.63, 3.8) is 0 Å². The van der Waals surface area contributed by atoms with Gasteiger partial charge in [-0.15, -0.1) is 0 Å². The van der Waals surface area contributed by atoms with Crippen LogP contribution in [0, 0.1) is 17.8 Å². The summed E-state index contributed by atoms with van der Waals surface area (Å²) in [5.41, 5.74) is 6.56. The van der Waals surface area contributed by atoms with Crippen molar-refractivity contribution in [3.05, 3.63) is 0 Å². The molecule has 0 saturated heterocycles. The summed E-state index contributed by atoms with van der Waals surface area (Å²) >= 11 is 0. The zero-order valence-corrected chi connectivity index (χ0v) is 12.1. The van der Waals surface area contributed by atoms with E-state index in [1.165, 1.54) is 32.2 Å². The number of nitrogens with zero attached hydrogens (tertiary/aromatic N) is 1. The van der Waals surface area contributed by atoms with Crippen LogP contribution in [0.2, 0.25) is 0 Å². The third-order valence-electron chi connectivity index (χ3n) is 5.05. The van der Waals surface area contributed by atoms with E-state index >= 15 is 0 Å². The van der Waals surface area contributed by atoms with Crippen molar-refractivity contribution >= 4 is 0 Å². The van der Waals surface area contributed by atoms with Crippen LogP contribution in [0.4, 0.5) is 0 Å². The van der Waals surface area contributed by atoms with Gasteiger partial charge >= 0.3 is 0 Å². The molecule has 2 heteroatoms. The van der Waals surface area contributed by atoms with Crippen molar-refractivity contribution in [2.24, 2.45) is 23.5 Å². The lowest BCUT2D eigenvalue weighted by Crippen LogP contribution is -2.60. The first-order valence-corrected chi connectivity index (χ1v) is 7.46. The Labute approximate surface area is 107 Å². The molecule has 2 N–H and O–H groups in total. The van der Waals surface area contributed by atoms with Crippen LogP contribution in [-0.4, -0.2) is 29.6 Å². The average molecular weight is 238 g/mol. The molecule has 2 rings (SSSR count). The molecule has 0 amide bonds. The van der Waals surface area contributed by atoms with E-state index in [0.29, 0.717) is 11.6 Å². The van der Waals surface area contributed by atoms with E-state index in [-0.39, 0.29) is 0 Å². The largest absolute Gasteiger partial charge is 0.329 e. The van der Waals surface area contributed by atoms with Gasteiger partial charge in [-0.2, -0.15) is 0 Å². The first-order chi connectivity index (χ1) is 7.99. The molecular formula is C15H30N2. The summed E-state index contributed by atoms with van der Waals surface area (Å²) < 4.78 is 0. The highest BCUT2D eigenvalue weighted by atomic mass is 15.2. The van der Waals surface area contributed by atoms with E-state index in [0.717, 1.165) is 24.3 Å². The standard InChI is InChI=1S/C15H30N2/c1-11(2)9-17(12(3)4)15(10-16)8-13-5-6-14(15)7-13/h11-14H,5-10,16H2,1-4H3. The van der Waals surface area contributed by atoms with Crippen molar-refractivity contribution in [2.45, 2.75) is 65.0 Å². The Balaban J connectivity index is 2.20. The van der Waals surface area contributed by atoms with Crippen molar-refractivity contribution in [2.75, 3.05) is 13.1 Å². The lowest BCUT2D eigenvalue weighted by Gasteiger charge is -2.49. The monoisotopic (exact) mass is 238 g/mol. The van der Waals surface area contributed by atoms with Crippen LogP contribution >= 0.6 is 0 Å². The topological polar surface area (TPSA) is 29.3 Å². The van der Waals surface area contributed by atoms with Crippen LogP contribution in [-0.2, 0) is 0 Å². The molecule has 0 aromatic rings. The highest BCUT2D eigenvalue weighted by Gasteiger charge is 2.53. The molecule has 2 aliphatic rings.